The normalized spacial score (nSPS) is 10.7. The van der Waals surface area contributed by atoms with Crippen molar-refractivity contribution in [2.24, 2.45) is 0 Å². The van der Waals surface area contributed by atoms with Crippen molar-refractivity contribution in [3.05, 3.63) is 77.7 Å². The summed E-state index contributed by atoms with van der Waals surface area (Å²) >= 11 is 0. The van der Waals surface area contributed by atoms with Crippen LogP contribution in [0.25, 0.3) is 0 Å². The van der Waals surface area contributed by atoms with Crippen molar-refractivity contribution < 1.29 is 4.79 Å². The van der Waals surface area contributed by atoms with E-state index in [1.165, 1.54) is 5.56 Å². The number of amides is 1. The van der Waals surface area contributed by atoms with Gasteiger partial charge in [-0.1, -0.05) is 50.2 Å². The average Bonchev–Trinajstić information content (AvgIpc) is 2.67. The van der Waals surface area contributed by atoms with E-state index in [9.17, 15) is 4.79 Å². The molecule has 0 aliphatic carbocycles. The molecule has 5 heteroatoms. The number of nitrogens with zero attached hydrogens (tertiary/aromatic N) is 3. The van der Waals surface area contributed by atoms with E-state index in [1.807, 2.05) is 48.5 Å². The van der Waals surface area contributed by atoms with Crippen LogP contribution in [0.2, 0.25) is 0 Å². The molecule has 3 rings (SSSR count). The van der Waals surface area contributed by atoms with Crippen LogP contribution < -0.4 is 10.2 Å². The quantitative estimate of drug-likeness (QED) is 0.701. The predicted molar refractivity (Wildman–Crippen MR) is 110 cm³/mol. The second kappa shape index (κ2) is 7.99. The van der Waals surface area contributed by atoms with E-state index in [0.29, 0.717) is 23.3 Å². The number of carbonyl (C=O) groups excluding carboxylic acids is 1. The van der Waals surface area contributed by atoms with Gasteiger partial charge < -0.3 is 10.2 Å². The Balaban J connectivity index is 1.90. The highest BCUT2D eigenvalue weighted by Crippen LogP contribution is 2.26. The topological polar surface area (TPSA) is 58.1 Å². The Kier molecular flexibility index (Phi) is 5.50. The van der Waals surface area contributed by atoms with Crippen molar-refractivity contribution >= 4 is 23.1 Å². The lowest BCUT2D eigenvalue weighted by molar-refractivity contribution is 0.0988. The van der Waals surface area contributed by atoms with Crippen molar-refractivity contribution in [3.8, 4) is 0 Å². The number of nitrogens with one attached hydrogen (secondary N) is 1. The van der Waals surface area contributed by atoms with E-state index in [0.717, 1.165) is 11.4 Å². The van der Waals surface area contributed by atoms with E-state index in [4.69, 9.17) is 0 Å². The molecule has 1 N–H and O–H groups in total. The Hall–Kier alpha value is -3.21. The molecule has 0 atom stereocenters. The molecule has 1 heterocycles. The van der Waals surface area contributed by atoms with Crippen molar-refractivity contribution in [1.82, 2.24) is 9.97 Å². The average molecular weight is 360 g/mol. The molecule has 2 aromatic carbocycles. The third-order valence-electron chi connectivity index (χ3n) is 4.35. The summed E-state index contributed by atoms with van der Waals surface area (Å²) in [6.07, 6.45) is 0. The molecule has 0 saturated heterocycles. The fourth-order valence-electron chi connectivity index (χ4n) is 2.93. The third-order valence-corrected chi connectivity index (χ3v) is 4.35. The Morgan fingerprint density at radius 2 is 1.67 bits per heavy atom. The van der Waals surface area contributed by atoms with E-state index in [1.54, 1.807) is 24.9 Å². The smallest absolute Gasteiger partial charge is 0.276 e. The molecule has 1 aromatic heterocycles. The third kappa shape index (κ3) is 4.31. The van der Waals surface area contributed by atoms with Gasteiger partial charge in [-0.3, -0.25) is 4.79 Å². The lowest BCUT2D eigenvalue weighted by Gasteiger charge is -2.18. The maximum Gasteiger partial charge on any atom is 0.276 e. The largest absolute Gasteiger partial charge is 0.340 e. The maximum absolute atomic E-state index is 12.9. The zero-order valence-electron chi connectivity index (χ0n) is 16.1. The molecule has 0 bridgehead atoms. The number of carbonyl (C=O) groups is 1. The van der Waals surface area contributed by atoms with Gasteiger partial charge in [-0.2, -0.15) is 0 Å². The Bertz CT molecular complexity index is 938. The number of hydrogen-bond donors (Lipinski definition) is 1. The van der Waals surface area contributed by atoms with Gasteiger partial charge >= 0.3 is 0 Å². The summed E-state index contributed by atoms with van der Waals surface area (Å²) < 4.78 is 0. The molecule has 0 saturated carbocycles. The van der Waals surface area contributed by atoms with Gasteiger partial charge in [-0.15, -0.1) is 0 Å². The van der Waals surface area contributed by atoms with Crippen molar-refractivity contribution in [2.45, 2.75) is 26.7 Å². The van der Waals surface area contributed by atoms with Crippen LogP contribution in [0.5, 0.6) is 0 Å². The summed E-state index contributed by atoms with van der Waals surface area (Å²) in [5.74, 6) is 1.36. The number of hydrogen-bond acceptors (Lipinski definition) is 4. The molecule has 0 aliphatic rings. The second-order valence-electron chi connectivity index (χ2n) is 6.75. The fraction of sp³-hybridized carbons (Fsp3) is 0.227. The highest BCUT2D eigenvalue weighted by atomic mass is 16.2. The molecule has 3 aromatic rings. The van der Waals surface area contributed by atoms with Crippen LogP contribution in [0, 0.1) is 6.92 Å². The first-order valence-corrected chi connectivity index (χ1v) is 9.00. The number of anilines is 3. The highest BCUT2D eigenvalue weighted by Gasteiger charge is 2.17. The SMILES string of the molecule is Cc1nc(Nc2ccccc2C(C)C)cc(C(=O)N(C)c2ccccc2)n1. The zero-order chi connectivity index (χ0) is 19.4. The molecule has 0 aliphatic heterocycles. The van der Waals surface area contributed by atoms with Crippen molar-refractivity contribution in [2.75, 3.05) is 17.3 Å². The number of aromatic nitrogens is 2. The van der Waals surface area contributed by atoms with Gasteiger partial charge in [0.15, 0.2) is 0 Å². The lowest BCUT2D eigenvalue weighted by atomic mass is 10.0. The second-order valence-corrected chi connectivity index (χ2v) is 6.75. The summed E-state index contributed by atoms with van der Waals surface area (Å²) in [7, 11) is 1.75. The Labute approximate surface area is 160 Å². The molecule has 5 nitrogen and oxygen atoms in total. The van der Waals surface area contributed by atoms with Gasteiger partial charge in [-0.25, -0.2) is 9.97 Å². The lowest BCUT2D eigenvalue weighted by Crippen LogP contribution is -2.27. The first kappa shape index (κ1) is 18.6. The van der Waals surface area contributed by atoms with Gasteiger partial charge in [0, 0.05) is 24.5 Å². The molecule has 1 amide bonds. The van der Waals surface area contributed by atoms with E-state index in [-0.39, 0.29) is 5.91 Å². The highest BCUT2D eigenvalue weighted by molar-refractivity contribution is 6.04. The summed E-state index contributed by atoms with van der Waals surface area (Å²) in [5, 5.41) is 3.35. The van der Waals surface area contributed by atoms with Gasteiger partial charge in [0.05, 0.1) is 0 Å². The van der Waals surface area contributed by atoms with Gasteiger partial charge in [0.1, 0.15) is 17.3 Å². The molecule has 0 unspecified atom stereocenters. The van der Waals surface area contributed by atoms with Crippen LogP contribution in [0.3, 0.4) is 0 Å². The minimum atomic E-state index is -0.174. The summed E-state index contributed by atoms with van der Waals surface area (Å²) in [4.78, 5) is 23.3. The number of aryl methyl sites for hydroxylation is 1. The first-order chi connectivity index (χ1) is 13.0. The minimum absolute atomic E-state index is 0.174. The number of rotatable bonds is 5. The molecule has 27 heavy (non-hydrogen) atoms. The summed E-state index contributed by atoms with van der Waals surface area (Å²) in [5.41, 5.74) is 3.36. The molecular formula is C22H24N4O. The van der Waals surface area contributed by atoms with Crippen LogP contribution in [-0.4, -0.2) is 22.9 Å². The number of benzene rings is 2. The number of para-hydroxylation sites is 2. The predicted octanol–water partition coefficient (Wildman–Crippen LogP) is 4.93. The van der Waals surface area contributed by atoms with Crippen LogP contribution in [0.4, 0.5) is 17.2 Å². The maximum atomic E-state index is 12.9. The minimum Gasteiger partial charge on any atom is -0.340 e. The molecule has 138 valence electrons. The van der Waals surface area contributed by atoms with Gasteiger partial charge in [-0.05, 0) is 36.6 Å². The molecule has 0 radical (unpaired) electrons. The van der Waals surface area contributed by atoms with Crippen LogP contribution >= 0.6 is 0 Å². The van der Waals surface area contributed by atoms with Crippen LogP contribution in [0.1, 0.15) is 41.6 Å². The van der Waals surface area contributed by atoms with Crippen LogP contribution in [-0.2, 0) is 0 Å². The zero-order valence-corrected chi connectivity index (χ0v) is 16.1. The molecular weight excluding hydrogens is 336 g/mol. The van der Waals surface area contributed by atoms with Gasteiger partial charge in [0.2, 0.25) is 0 Å². The van der Waals surface area contributed by atoms with E-state index in [2.05, 4.69) is 35.2 Å². The Morgan fingerprint density at radius 1 is 1.00 bits per heavy atom. The summed E-state index contributed by atoms with van der Waals surface area (Å²) in [6.45, 7) is 6.09. The summed E-state index contributed by atoms with van der Waals surface area (Å²) in [6, 6.07) is 19.3. The molecule has 0 fully saturated rings. The Morgan fingerprint density at radius 3 is 2.37 bits per heavy atom. The monoisotopic (exact) mass is 360 g/mol. The standard InChI is InChI=1S/C22H24N4O/c1-15(2)18-12-8-9-13-19(18)25-21-14-20(23-16(3)24-21)22(27)26(4)17-10-6-5-7-11-17/h5-15H,1-4H3,(H,23,24,25). The molecule has 0 spiro atoms. The fourth-order valence-corrected chi connectivity index (χ4v) is 2.93. The van der Waals surface area contributed by atoms with Crippen LogP contribution in [0.15, 0.2) is 60.7 Å². The van der Waals surface area contributed by atoms with E-state index < -0.39 is 0 Å². The van der Waals surface area contributed by atoms with Gasteiger partial charge in [0.25, 0.3) is 5.91 Å². The van der Waals surface area contributed by atoms with Crippen molar-refractivity contribution in [1.29, 1.82) is 0 Å². The van der Waals surface area contributed by atoms with E-state index >= 15 is 0 Å². The van der Waals surface area contributed by atoms with Crippen molar-refractivity contribution in [3.63, 3.8) is 0 Å². The first-order valence-electron chi connectivity index (χ1n) is 9.00.